The smallest absolute Gasteiger partial charge is 0.000970 e. The Labute approximate surface area is 168 Å². The van der Waals surface area contributed by atoms with Crippen molar-refractivity contribution in [2.45, 2.75) is 98.8 Å². The second-order valence-corrected chi connectivity index (χ2v) is 11.2. The van der Waals surface area contributed by atoms with Gasteiger partial charge in [0.1, 0.15) is 0 Å². The molecule has 0 bridgehead atoms. The van der Waals surface area contributed by atoms with Gasteiger partial charge in [0, 0.05) is 0 Å². The maximum atomic E-state index is 2.64. The molecule has 0 nitrogen and oxygen atoms in total. The van der Waals surface area contributed by atoms with Gasteiger partial charge in [-0.2, -0.15) is 0 Å². The van der Waals surface area contributed by atoms with Crippen LogP contribution in [0.2, 0.25) is 0 Å². The summed E-state index contributed by atoms with van der Waals surface area (Å²) in [6, 6.07) is 0. The number of allylic oxidation sites excluding steroid dienone is 6. The Kier molecular flexibility index (Phi) is 5.23. The minimum atomic E-state index is 0.428. The first-order chi connectivity index (χ1) is 12.9. The van der Waals surface area contributed by atoms with Crippen molar-refractivity contribution in [2.75, 3.05) is 0 Å². The van der Waals surface area contributed by atoms with Crippen molar-refractivity contribution >= 4 is 0 Å². The van der Waals surface area contributed by atoms with E-state index in [1.54, 1.807) is 11.1 Å². The average Bonchev–Trinajstić information content (AvgIpc) is 2.98. The molecule has 0 aromatic rings. The molecule has 5 unspecified atom stereocenters. The van der Waals surface area contributed by atoms with Crippen LogP contribution in [-0.2, 0) is 0 Å². The Hall–Kier alpha value is -0.780. The van der Waals surface area contributed by atoms with Gasteiger partial charge in [-0.3, -0.25) is 0 Å². The molecule has 0 radical (unpaired) electrons. The standard InChI is InChI=1S/C27H42/c1-19(2)9-8-10-20(3)23-14-15-24-22-13-12-21-11-6-7-17-26(21,4)25(22)16-18-27(23,24)5/h11-13,19-20,23,25H,6-10,14-18H2,1-5H3. The summed E-state index contributed by atoms with van der Waals surface area (Å²) in [5.41, 5.74) is 6.23. The fourth-order valence-corrected chi connectivity index (χ4v) is 7.51. The molecular formula is C27H42. The van der Waals surface area contributed by atoms with Gasteiger partial charge < -0.3 is 0 Å². The minimum Gasteiger partial charge on any atom is -0.0807 e. The summed E-state index contributed by atoms with van der Waals surface area (Å²) >= 11 is 0. The third-order valence-corrected chi connectivity index (χ3v) is 9.15. The molecule has 0 spiro atoms. The van der Waals surface area contributed by atoms with E-state index < -0.39 is 0 Å². The van der Waals surface area contributed by atoms with Gasteiger partial charge in [-0.25, -0.2) is 0 Å². The van der Waals surface area contributed by atoms with Gasteiger partial charge in [0.25, 0.3) is 0 Å². The molecule has 0 saturated heterocycles. The Morgan fingerprint density at radius 1 is 1.00 bits per heavy atom. The molecule has 150 valence electrons. The lowest BCUT2D eigenvalue weighted by Crippen LogP contribution is -2.41. The molecule has 5 atom stereocenters. The van der Waals surface area contributed by atoms with Crippen LogP contribution in [0.5, 0.6) is 0 Å². The van der Waals surface area contributed by atoms with Gasteiger partial charge in [0.2, 0.25) is 0 Å². The molecule has 1 fully saturated rings. The van der Waals surface area contributed by atoms with Crippen LogP contribution < -0.4 is 0 Å². The highest BCUT2D eigenvalue weighted by atomic mass is 14.6. The fourth-order valence-electron chi connectivity index (χ4n) is 7.51. The first-order valence-electron chi connectivity index (χ1n) is 12.0. The van der Waals surface area contributed by atoms with Crippen molar-refractivity contribution < 1.29 is 0 Å². The predicted molar refractivity (Wildman–Crippen MR) is 118 cm³/mol. The zero-order valence-corrected chi connectivity index (χ0v) is 18.6. The second kappa shape index (κ2) is 7.23. The van der Waals surface area contributed by atoms with Gasteiger partial charge in [-0.05, 0) is 90.6 Å². The Morgan fingerprint density at radius 2 is 1.81 bits per heavy atom. The zero-order valence-electron chi connectivity index (χ0n) is 18.6. The number of hydrogen-bond donors (Lipinski definition) is 0. The monoisotopic (exact) mass is 366 g/mol. The molecule has 27 heavy (non-hydrogen) atoms. The van der Waals surface area contributed by atoms with Crippen LogP contribution in [0.4, 0.5) is 0 Å². The lowest BCUT2D eigenvalue weighted by Gasteiger charge is -2.51. The molecule has 0 aromatic carbocycles. The van der Waals surface area contributed by atoms with E-state index >= 15 is 0 Å². The summed E-state index contributed by atoms with van der Waals surface area (Å²) in [6.45, 7) is 12.5. The van der Waals surface area contributed by atoms with Crippen molar-refractivity contribution in [1.29, 1.82) is 0 Å². The van der Waals surface area contributed by atoms with Gasteiger partial charge in [0.05, 0.1) is 0 Å². The Balaban J connectivity index is 1.59. The third-order valence-electron chi connectivity index (χ3n) is 9.15. The molecule has 4 aliphatic carbocycles. The van der Waals surface area contributed by atoms with E-state index in [0.717, 1.165) is 23.7 Å². The summed E-state index contributed by atoms with van der Waals surface area (Å²) in [6.07, 6.45) is 21.6. The molecule has 1 saturated carbocycles. The van der Waals surface area contributed by atoms with Crippen LogP contribution in [-0.4, -0.2) is 0 Å². The first kappa shape index (κ1) is 19.5. The number of fused-ring (bicyclic) bond motifs is 4. The molecular weight excluding hydrogens is 324 g/mol. The lowest BCUT2D eigenvalue weighted by molar-refractivity contribution is 0.125. The van der Waals surface area contributed by atoms with Gasteiger partial charge in [-0.1, -0.05) is 77.7 Å². The van der Waals surface area contributed by atoms with Crippen LogP contribution in [0, 0.1) is 34.5 Å². The van der Waals surface area contributed by atoms with Crippen LogP contribution in [0.1, 0.15) is 98.8 Å². The summed E-state index contributed by atoms with van der Waals surface area (Å²) in [5.74, 6) is 3.46. The summed E-state index contributed by atoms with van der Waals surface area (Å²) in [4.78, 5) is 0. The molecule has 4 aliphatic rings. The highest BCUT2D eigenvalue weighted by molar-refractivity contribution is 5.48. The summed E-state index contributed by atoms with van der Waals surface area (Å²) < 4.78 is 0. The van der Waals surface area contributed by atoms with Crippen LogP contribution >= 0.6 is 0 Å². The molecule has 0 amide bonds. The highest BCUT2D eigenvalue weighted by Crippen LogP contribution is 2.63. The quantitative estimate of drug-likeness (QED) is 0.459. The van der Waals surface area contributed by atoms with Crippen molar-refractivity contribution in [3.63, 3.8) is 0 Å². The van der Waals surface area contributed by atoms with Crippen LogP contribution in [0.3, 0.4) is 0 Å². The van der Waals surface area contributed by atoms with Crippen LogP contribution in [0.25, 0.3) is 0 Å². The van der Waals surface area contributed by atoms with Crippen LogP contribution in [0.15, 0.2) is 34.9 Å². The first-order valence-corrected chi connectivity index (χ1v) is 12.0. The van der Waals surface area contributed by atoms with E-state index in [9.17, 15) is 0 Å². The van der Waals surface area contributed by atoms with E-state index in [1.807, 2.05) is 5.57 Å². The third kappa shape index (κ3) is 3.20. The van der Waals surface area contributed by atoms with E-state index in [0.29, 0.717) is 10.8 Å². The summed E-state index contributed by atoms with van der Waals surface area (Å²) in [5, 5.41) is 0. The fraction of sp³-hybridized carbons (Fsp3) is 0.778. The summed E-state index contributed by atoms with van der Waals surface area (Å²) in [7, 11) is 0. The highest BCUT2D eigenvalue weighted by Gasteiger charge is 2.52. The lowest BCUT2D eigenvalue weighted by atomic mass is 9.53. The molecule has 0 N–H and O–H groups in total. The average molecular weight is 367 g/mol. The minimum absolute atomic E-state index is 0.428. The topological polar surface area (TPSA) is 0 Å². The van der Waals surface area contributed by atoms with E-state index in [-0.39, 0.29) is 0 Å². The van der Waals surface area contributed by atoms with Gasteiger partial charge in [-0.15, -0.1) is 0 Å². The zero-order chi connectivity index (χ0) is 19.2. The number of rotatable bonds is 5. The van der Waals surface area contributed by atoms with Crippen molar-refractivity contribution in [2.24, 2.45) is 34.5 Å². The predicted octanol–water partition coefficient (Wildman–Crippen LogP) is 8.26. The Bertz CT molecular complexity index is 660. The van der Waals surface area contributed by atoms with Crippen molar-refractivity contribution in [3.05, 3.63) is 34.9 Å². The molecule has 0 heteroatoms. The van der Waals surface area contributed by atoms with E-state index in [1.165, 1.54) is 64.2 Å². The van der Waals surface area contributed by atoms with Gasteiger partial charge in [0.15, 0.2) is 0 Å². The van der Waals surface area contributed by atoms with E-state index in [2.05, 4.69) is 52.8 Å². The maximum absolute atomic E-state index is 2.64. The largest absolute Gasteiger partial charge is 0.0807 e. The molecule has 0 heterocycles. The van der Waals surface area contributed by atoms with E-state index in [4.69, 9.17) is 0 Å². The SMILES string of the molecule is CC(C)CCCC(C)C1CCC2=C3C=CC4=CCCCC4(C)C3CCC21C. The second-order valence-electron chi connectivity index (χ2n) is 11.2. The molecule has 0 aliphatic heterocycles. The Morgan fingerprint density at radius 3 is 2.59 bits per heavy atom. The maximum Gasteiger partial charge on any atom is -0.000970 e. The van der Waals surface area contributed by atoms with Crippen molar-refractivity contribution in [3.8, 4) is 0 Å². The van der Waals surface area contributed by atoms with Crippen molar-refractivity contribution in [1.82, 2.24) is 0 Å². The molecule has 4 rings (SSSR count). The number of hydrogen-bond acceptors (Lipinski definition) is 0. The van der Waals surface area contributed by atoms with Gasteiger partial charge >= 0.3 is 0 Å². The normalized spacial score (nSPS) is 39.1. The molecule has 0 aromatic heterocycles.